The van der Waals surface area contributed by atoms with Crippen LogP contribution in [0.2, 0.25) is 10.0 Å². The minimum absolute atomic E-state index is 0.197. The monoisotopic (exact) mass is 329 g/mol. The Balaban J connectivity index is 2.23. The molecular weight excluding hydrogens is 321 g/mol. The van der Waals surface area contributed by atoms with E-state index in [2.05, 4.69) is 5.32 Å². The number of carboxylic acid groups (broad SMARTS) is 1. The Morgan fingerprint density at radius 3 is 2.50 bits per heavy atom. The molecule has 1 heterocycles. The second kappa shape index (κ2) is 5.83. The number of hydrogen-bond acceptors (Lipinski definition) is 3. The van der Waals surface area contributed by atoms with Crippen molar-refractivity contribution in [1.82, 2.24) is 0 Å². The molecule has 0 spiro atoms. The summed E-state index contributed by atoms with van der Waals surface area (Å²) < 4.78 is 0. The molecule has 1 amide bonds. The normalized spacial score (nSPS) is 10.3. The Hall–Kier alpha value is -1.56. The zero-order valence-electron chi connectivity index (χ0n) is 10.2. The van der Waals surface area contributed by atoms with Gasteiger partial charge in [-0.15, -0.1) is 11.3 Å². The van der Waals surface area contributed by atoms with Gasteiger partial charge in [-0.2, -0.15) is 0 Å². The molecule has 20 heavy (non-hydrogen) atoms. The Bertz CT molecular complexity index is 697. The van der Waals surface area contributed by atoms with Crippen molar-refractivity contribution in [2.45, 2.75) is 6.92 Å². The van der Waals surface area contributed by atoms with E-state index in [-0.39, 0.29) is 15.5 Å². The molecule has 2 N–H and O–H groups in total. The first-order chi connectivity index (χ1) is 9.38. The predicted octanol–water partition coefficient (Wildman–Crippen LogP) is 4.31. The lowest BCUT2D eigenvalue weighted by molar-refractivity contribution is 0.0701. The van der Waals surface area contributed by atoms with Gasteiger partial charge in [0.05, 0.1) is 15.6 Å². The Labute approximate surface area is 128 Å². The van der Waals surface area contributed by atoms with E-state index in [0.29, 0.717) is 15.6 Å². The number of benzene rings is 1. The van der Waals surface area contributed by atoms with Gasteiger partial charge >= 0.3 is 5.97 Å². The molecule has 0 fully saturated rings. The molecule has 1 aromatic heterocycles. The highest BCUT2D eigenvalue weighted by molar-refractivity contribution is 7.18. The summed E-state index contributed by atoms with van der Waals surface area (Å²) in [6.07, 6.45) is 0. The Morgan fingerprint density at radius 2 is 1.95 bits per heavy atom. The first kappa shape index (κ1) is 14.8. The van der Waals surface area contributed by atoms with E-state index in [4.69, 9.17) is 28.3 Å². The number of rotatable bonds is 3. The van der Waals surface area contributed by atoms with Gasteiger partial charge in [-0.25, -0.2) is 4.79 Å². The summed E-state index contributed by atoms with van der Waals surface area (Å²) >= 11 is 12.7. The largest absolute Gasteiger partial charge is 0.477 e. The zero-order chi connectivity index (χ0) is 14.9. The number of carboxylic acids is 1. The highest BCUT2D eigenvalue weighted by atomic mass is 35.5. The molecule has 104 valence electrons. The molecule has 0 aliphatic rings. The van der Waals surface area contributed by atoms with Crippen molar-refractivity contribution in [3.05, 3.63) is 50.3 Å². The number of aromatic carboxylic acids is 1. The van der Waals surface area contributed by atoms with Gasteiger partial charge in [0.15, 0.2) is 0 Å². The average molecular weight is 330 g/mol. The summed E-state index contributed by atoms with van der Waals surface area (Å²) in [5, 5.41) is 12.7. The molecule has 1 aromatic carbocycles. The third-order valence-corrected chi connectivity index (χ3v) is 4.21. The maximum absolute atomic E-state index is 12.1. The van der Waals surface area contributed by atoms with E-state index < -0.39 is 11.9 Å². The molecular formula is C13H9Cl2NO3S. The number of carbonyl (C=O) groups excluding carboxylic acids is 1. The summed E-state index contributed by atoms with van der Waals surface area (Å²) in [5.74, 6) is -1.43. The van der Waals surface area contributed by atoms with Gasteiger partial charge in [-0.3, -0.25) is 4.79 Å². The predicted molar refractivity (Wildman–Crippen MR) is 80.4 cm³/mol. The third kappa shape index (κ3) is 3.12. The molecule has 2 aromatic rings. The lowest BCUT2D eigenvalue weighted by Gasteiger charge is -2.04. The van der Waals surface area contributed by atoms with Gasteiger partial charge in [0.2, 0.25) is 0 Å². The van der Waals surface area contributed by atoms with Gasteiger partial charge in [0.25, 0.3) is 5.91 Å². The van der Waals surface area contributed by atoms with Crippen LogP contribution in [0.15, 0.2) is 24.3 Å². The van der Waals surface area contributed by atoms with Crippen molar-refractivity contribution >= 4 is 51.4 Å². The van der Waals surface area contributed by atoms with E-state index in [1.54, 1.807) is 19.1 Å². The van der Waals surface area contributed by atoms with E-state index in [1.807, 2.05) is 0 Å². The molecule has 0 saturated heterocycles. The molecule has 0 unspecified atom stereocenters. The lowest BCUT2D eigenvalue weighted by Crippen LogP contribution is -2.11. The number of thiophene rings is 1. The first-order valence-electron chi connectivity index (χ1n) is 5.48. The quantitative estimate of drug-likeness (QED) is 0.881. The molecule has 0 aliphatic heterocycles. The molecule has 0 aliphatic carbocycles. The second-order valence-corrected chi connectivity index (χ2v) is 5.90. The smallest absolute Gasteiger partial charge is 0.346 e. The van der Waals surface area contributed by atoms with Gasteiger partial charge in [0, 0.05) is 5.02 Å². The fraction of sp³-hybridized carbons (Fsp3) is 0.0769. The highest BCUT2D eigenvalue weighted by Crippen LogP contribution is 2.28. The average Bonchev–Trinajstić information content (AvgIpc) is 2.70. The number of halogens is 2. The molecule has 0 atom stereocenters. The lowest BCUT2D eigenvalue weighted by atomic mass is 10.2. The molecule has 0 saturated carbocycles. The minimum atomic E-state index is -1.02. The first-order valence-corrected chi connectivity index (χ1v) is 7.06. The van der Waals surface area contributed by atoms with Crippen LogP contribution in [0.25, 0.3) is 0 Å². The second-order valence-electron chi connectivity index (χ2n) is 4.01. The van der Waals surface area contributed by atoms with Crippen molar-refractivity contribution in [1.29, 1.82) is 0 Å². The summed E-state index contributed by atoms with van der Waals surface area (Å²) in [4.78, 5) is 23.2. The number of hydrogen-bond donors (Lipinski definition) is 2. The number of aryl methyl sites for hydroxylation is 1. The van der Waals surface area contributed by atoms with Crippen molar-refractivity contribution < 1.29 is 14.7 Å². The standard InChI is InChI=1S/C13H9Cl2NO3S/c1-6-4-10(20-11(6)13(18)19)16-12(17)8-3-2-7(14)5-9(8)15/h2-5H,1H3,(H,16,17)(H,18,19). The van der Waals surface area contributed by atoms with Gasteiger partial charge in [0.1, 0.15) is 4.88 Å². The van der Waals surface area contributed by atoms with Gasteiger partial charge < -0.3 is 10.4 Å². The maximum atomic E-state index is 12.1. The number of anilines is 1. The fourth-order valence-corrected chi connectivity index (χ4v) is 3.01. The topological polar surface area (TPSA) is 66.4 Å². The third-order valence-electron chi connectivity index (χ3n) is 2.52. The molecule has 4 nitrogen and oxygen atoms in total. The van der Waals surface area contributed by atoms with E-state index in [0.717, 1.165) is 11.3 Å². The van der Waals surface area contributed by atoms with Crippen molar-refractivity contribution in [3.63, 3.8) is 0 Å². The number of amides is 1. The molecule has 7 heteroatoms. The van der Waals surface area contributed by atoms with Crippen LogP contribution in [0, 0.1) is 6.92 Å². The fourth-order valence-electron chi connectivity index (χ4n) is 1.61. The Morgan fingerprint density at radius 1 is 1.25 bits per heavy atom. The summed E-state index contributed by atoms with van der Waals surface area (Å²) in [7, 11) is 0. The maximum Gasteiger partial charge on any atom is 0.346 e. The van der Waals surface area contributed by atoms with Crippen LogP contribution in [0.1, 0.15) is 25.6 Å². The van der Waals surface area contributed by atoms with Crippen LogP contribution in [0.3, 0.4) is 0 Å². The zero-order valence-corrected chi connectivity index (χ0v) is 12.6. The van der Waals surface area contributed by atoms with Crippen LogP contribution in [0.4, 0.5) is 5.00 Å². The summed E-state index contributed by atoms with van der Waals surface area (Å²) in [5.41, 5.74) is 0.874. The minimum Gasteiger partial charge on any atom is -0.477 e. The van der Waals surface area contributed by atoms with Crippen LogP contribution in [-0.4, -0.2) is 17.0 Å². The van der Waals surface area contributed by atoms with Crippen molar-refractivity contribution in [2.75, 3.05) is 5.32 Å². The van der Waals surface area contributed by atoms with Crippen LogP contribution < -0.4 is 5.32 Å². The van der Waals surface area contributed by atoms with Crippen LogP contribution in [0.5, 0.6) is 0 Å². The van der Waals surface area contributed by atoms with E-state index in [1.165, 1.54) is 12.1 Å². The summed E-state index contributed by atoms with van der Waals surface area (Å²) in [6, 6.07) is 6.15. The molecule has 0 bridgehead atoms. The van der Waals surface area contributed by atoms with Crippen LogP contribution in [-0.2, 0) is 0 Å². The highest BCUT2D eigenvalue weighted by Gasteiger charge is 2.16. The molecule has 0 radical (unpaired) electrons. The van der Waals surface area contributed by atoms with Gasteiger partial charge in [-0.1, -0.05) is 23.2 Å². The number of nitrogens with one attached hydrogen (secondary N) is 1. The van der Waals surface area contributed by atoms with Gasteiger partial charge in [-0.05, 0) is 36.8 Å². The van der Waals surface area contributed by atoms with E-state index >= 15 is 0 Å². The van der Waals surface area contributed by atoms with Crippen molar-refractivity contribution in [3.8, 4) is 0 Å². The van der Waals surface area contributed by atoms with Crippen LogP contribution >= 0.6 is 34.5 Å². The Kier molecular flexibility index (Phi) is 4.32. The number of carbonyl (C=O) groups is 2. The van der Waals surface area contributed by atoms with E-state index in [9.17, 15) is 9.59 Å². The van der Waals surface area contributed by atoms with Crippen molar-refractivity contribution in [2.24, 2.45) is 0 Å². The molecule has 2 rings (SSSR count). The summed E-state index contributed by atoms with van der Waals surface area (Å²) in [6.45, 7) is 1.67. The SMILES string of the molecule is Cc1cc(NC(=O)c2ccc(Cl)cc2Cl)sc1C(=O)O.